The fourth-order valence-corrected chi connectivity index (χ4v) is 5.06. The van der Waals surface area contributed by atoms with Gasteiger partial charge in [-0.15, -0.1) is 0 Å². The van der Waals surface area contributed by atoms with Crippen LogP contribution in [0.25, 0.3) is 11.0 Å². The van der Waals surface area contributed by atoms with E-state index in [0.717, 1.165) is 17.7 Å². The van der Waals surface area contributed by atoms with E-state index < -0.39 is 15.8 Å². The van der Waals surface area contributed by atoms with Gasteiger partial charge in [-0.25, -0.2) is 17.6 Å². The van der Waals surface area contributed by atoms with E-state index in [1.165, 1.54) is 27.3 Å². The van der Waals surface area contributed by atoms with E-state index in [9.17, 15) is 17.6 Å². The van der Waals surface area contributed by atoms with Crippen molar-refractivity contribution < 1.29 is 22.3 Å². The monoisotopic (exact) mass is 533 g/mol. The van der Waals surface area contributed by atoms with Crippen LogP contribution >= 0.6 is 0 Å². The van der Waals surface area contributed by atoms with Crippen LogP contribution in [0.1, 0.15) is 5.56 Å². The Kier molecular flexibility index (Phi) is 6.64. The molecular formula is C28H24FN3O5S. The number of rotatable bonds is 8. The third kappa shape index (κ3) is 5.12. The molecule has 0 radical (unpaired) electrons. The van der Waals surface area contributed by atoms with Crippen molar-refractivity contribution in [1.82, 2.24) is 9.13 Å². The van der Waals surface area contributed by atoms with Gasteiger partial charge in [0.05, 0.1) is 21.6 Å². The number of hydrogen-bond acceptors (Lipinski definition) is 5. The first-order valence-corrected chi connectivity index (χ1v) is 13.1. The van der Waals surface area contributed by atoms with Crippen molar-refractivity contribution in [3.63, 3.8) is 0 Å². The molecule has 0 bridgehead atoms. The van der Waals surface area contributed by atoms with Gasteiger partial charge in [-0.2, -0.15) is 0 Å². The van der Waals surface area contributed by atoms with Gasteiger partial charge in [0.15, 0.2) is 5.75 Å². The molecule has 1 aromatic heterocycles. The molecule has 0 aliphatic carbocycles. The molecule has 8 nitrogen and oxygen atoms in total. The minimum atomic E-state index is -4.09. The van der Waals surface area contributed by atoms with Crippen LogP contribution in [0.3, 0.4) is 0 Å². The third-order valence-electron chi connectivity index (χ3n) is 6.02. The number of halogens is 1. The third-order valence-corrected chi connectivity index (χ3v) is 7.40. The van der Waals surface area contributed by atoms with E-state index in [1.807, 2.05) is 30.3 Å². The molecule has 0 saturated heterocycles. The summed E-state index contributed by atoms with van der Waals surface area (Å²) < 4.78 is 57.0. The van der Waals surface area contributed by atoms with Crippen molar-refractivity contribution in [2.75, 3.05) is 4.72 Å². The zero-order valence-electron chi connectivity index (χ0n) is 20.6. The van der Waals surface area contributed by atoms with Gasteiger partial charge in [-0.3, -0.25) is 13.9 Å². The maximum Gasteiger partial charge on any atom is 0.328 e. The average molecular weight is 534 g/mol. The number of hydrogen-bond donors (Lipinski definition) is 1. The SMILES string of the molecule is Cn1c(=O)n(C)c2cc(Oc3cccc(OCc4ccccc4)c3)c(NS(=O)(=O)c3ccc(F)cc3)cc21. The number of nitrogens with one attached hydrogen (secondary N) is 1. The zero-order chi connectivity index (χ0) is 26.9. The van der Waals surface area contributed by atoms with Crippen molar-refractivity contribution in [2.45, 2.75) is 11.5 Å². The summed E-state index contributed by atoms with van der Waals surface area (Å²) in [5, 5.41) is 0. The summed E-state index contributed by atoms with van der Waals surface area (Å²) in [5.74, 6) is 0.582. The largest absolute Gasteiger partial charge is 0.489 e. The molecule has 194 valence electrons. The highest BCUT2D eigenvalue weighted by Gasteiger charge is 2.20. The van der Waals surface area contributed by atoms with Crippen LogP contribution in [0.5, 0.6) is 17.2 Å². The number of aromatic nitrogens is 2. The first kappa shape index (κ1) is 25.1. The summed E-state index contributed by atoms with van der Waals surface area (Å²) in [6, 6.07) is 24.3. The van der Waals surface area contributed by atoms with Crippen molar-refractivity contribution >= 4 is 26.7 Å². The number of benzene rings is 4. The predicted octanol–water partition coefficient (Wildman–Crippen LogP) is 5.19. The lowest BCUT2D eigenvalue weighted by atomic mass is 10.2. The van der Waals surface area contributed by atoms with Crippen molar-refractivity contribution in [3.8, 4) is 17.2 Å². The van der Waals surface area contributed by atoms with Gasteiger partial charge < -0.3 is 9.47 Å². The second-order valence-corrected chi connectivity index (χ2v) is 10.3. The molecule has 0 saturated carbocycles. The van der Waals surface area contributed by atoms with E-state index >= 15 is 0 Å². The van der Waals surface area contributed by atoms with Gasteiger partial charge in [0.25, 0.3) is 10.0 Å². The molecule has 0 amide bonds. The van der Waals surface area contributed by atoms with Crippen molar-refractivity contribution in [2.24, 2.45) is 14.1 Å². The molecule has 5 rings (SSSR count). The minimum absolute atomic E-state index is 0.110. The summed E-state index contributed by atoms with van der Waals surface area (Å²) in [5.41, 5.74) is 1.89. The Balaban J connectivity index is 1.51. The fourth-order valence-electron chi connectivity index (χ4n) is 4.00. The van der Waals surface area contributed by atoms with Gasteiger partial charge in [0.1, 0.15) is 23.9 Å². The van der Waals surface area contributed by atoms with Crippen LogP contribution in [0, 0.1) is 5.82 Å². The molecule has 0 unspecified atom stereocenters. The lowest BCUT2D eigenvalue weighted by Crippen LogP contribution is -2.19. The second kappa shape index (κ2) is 10.1. The Labute approximate surface area is 218 Å². The second-order valence-electron chi connectivity index (χ2n) is 8.65. The Bertz CT molecular complexity index is 1780. The standard InChI is InChI=1S/C28H24FN3O5S/c1-31-25-16-24(30-38(34,35)23-13-11-20(29)12-14-23)27(17-26(25)32(2)28(31)33)37-22-10-6-9-21(15-22)36-18-19-7-4-3-5-8-19/h3-17,30H,18H2,1-2H3. The van der Waals surface area contributed by atoms with Crippen LogP contribution in [0.4, 0.5) is 10.1 Å². The number of aryl methyl sites for hydroxylation is 2. The fraction of sp³-hybridized carbons (Fsp3) is 0.107. The predicted molar refractivity (Wildman–Crippen MR) is 143 cm³/mol. The van der Waals surface area contributed by atoms with Crippen molar-refractivity contribution in [3.05, 3.63) is 113 Å². The number of sulfonamides is 1. The summed E-state index contributed by atoms with van der Waals surface area (Å²) in [6.07, 6.45) is 0. The van der Waals surface area contributed by atoms with Crippen LogP contribution < -0.4 is 19.9 Å². The summed E-state index contributed by atoms with van der Waals surface area (Å²) in [6.45, 7) is 0.366. The van der Waals surface area contributed by atoms with E-state index in [2.05, 4.69) is 4.72 Å². The normalized spacial score (nSPS) is 11.4. The maximum absolute atomic E-state index is 13.4. The first-order valence-electron chi connectivity index (χ1n) is 11.6. The van der Waals surface area contributed by atoms with Crippen LogP contribution in [-0.4, -0.2) is 17.6 Å². The summed E-state index contributed by atoms with van der Waals surface area (Å²) in [4.78, 5) is 12.4. The van der Waals surface area contributed by atoms with Gasteiger partial charge in [-0.1, -0.05) is 36.4 Å². The Morgan fingerprint density at radius 2 is 1.47 bits per heavy atom. The Morgan fingerprint density at radius 1 is 0.816 bits per heavy atom. The van der Waals surface area contributed by atoms with Gasteiger partial charge >= 0.3 is 5.69 Å². The average Bonchev–Trinajstić information content (AvgIpc) is 3.11. The highest BCUT2D eigenvalue weighted by Crippen LogP contribution is 2.36. The van der Waals surface area contributed by atoms with Gasteiger partial charge in [0.2, 0.25) is 0 Å². The maximum atomic E-state index is 13.4. The number of anilines is 1. The van der Waals surface area contributed by atoms with Gasteiger partial charge in [0, 0.05) is 26.2 Å². The number of ether oxygens (including phenoxy) is 2. The summed E-state index contributed by atoms with van der Waals surface area (Å²) >= 11 is 0. The molecule has 1 heterocycles. The lowest BCUT2D eigenvalue weighted by Gasteiger charge is -2.15. The smallest absolute Gasteiger partial charge is 0.328 e. The molecule has 0 spiro atoms. The lowest BCUT2D eigenvalue weighted by molar-refractivity contribution is 0.304. The molecule has 5 aromatic rings. The Morgan fingerprint density at radius 3 is 2.18 bits per heavy atom. The molecule has 0 aliphatic heterocycles. The number of imidazole rings is 1. The molecule has 0 fully saturated rings. The quantitative estimate of drug-likeness (QED) is 0.297. The topological polar surface area (TPSA) is 91.6 Å². The van der Waals surface area contributed by atoms with E-state index in [4.69, 9.17) is 9.47 Å². The van der Waals surface area contributed by atoms with Crippen LogP contribution in [0.2, 0.25) is 0 Å². The highest BCUT2D eigenvalue weighted by atomic mass is 32.2. The van der Waals surface area contributed by atoms with Gasteiger partial charge in [-0.05, 0) is 48.0 Å². The number of nitrogens with zero attached hydrogens (tertiary/aromatic N) is 2. The number of fused-ring (bicyclic) bond motifs is 1. The molecule has 10 heteroatoms. The molecule has 38 heavy (non-hydrogen) atoms. The molecule has 4 aromatic carbocycles. The zero-order valence-corrected chi connectivity index (χ0v) is 21.4. The van der Waals surface area contributed by atoms with Crippen LogP contribution in [0.15, 0.2) is 101 Å². The molecule has 1 N–H and O–H groups in total. The van der Waals surface area contributed by atoms with Crippen molar-refractivity contribution in [1.29, 1.82) is 0 Å². The van der Waals surface area contributed by atoms with Crippen LogP contribution in [-0.2, 0) is 30.7 Å². The molecule has 0 atom stereocenters. The van der Waals surface area contributed by atoms with E-state index in [-0.39, 0.29) is 22.0 Å². The first-order chi connectivity index (χ1) is 18.2. The Hall–Kier alpha value is -4.57. The molecule has 0 aliphatic rings. The van der Waals surface area contributed by atoms with E-state index in [0.29, 0.717) is 29.1 Å². The summed E-state index contributed by atoms with van der Waals surface area (Å²) in [7, 11) is -0.879. The van der Waals surface area contributed by atoms with E-state index in [1.54, 1.807) is 44.4 Å². The molecular weight excluding hydrogens is 509 g/mol. The highest BCUT2D eigenvalue weighted by molar-refractivity contribution is 7.92. The minimum Gasteiger partial charge on any atom is -0.489 e.